The van der Waals surface area contributed by atoms with E-state index in [1.807, 2.05) is 18.2 Å². The van der Waals surface area contributed by atoms with E-state index in [2.05, 4.69) is 54.2 Å². The minimum absolute atomic E-state index is 0.725. The molecule has 1 N–H and O–H groups in total. The summed E-state index contributed by atoms with van der Waals surface area (Å²) in [5, 5.41) is 4.28. The van der Waals surface area contributed by atoms with Gasteiger partial charge in [0.15, 0.2) is 0 Å². The van der Waals surface area contributed by atoms with Crippen LogP contribution in [0.5, 0.6) is 0 Å². The van der Waals surface area contributed by atoms with Gasteiger partial charge < -0.3 is 5.32 Å². The van der Waals surface area contributed by atoms with Crippen molar-refractivity contribution < 1.29 is 0 Å². The molecule has 0 unspecified atom stereocenters. The lowest BCUT2D eigenvalue weighted by atomic mass is 10.0. The van der Waals surface area contributed by atoms with Gasteiger partial charge in [0.1, 0.15) is 0 Å². The Morgan fingerprint density at radius 2 is 1.68 bits per heavy atom. The molecule has 2 aromatic rings. The average Bonchev–Trinajstić information content (AvgIpc) is 2.32. The Labute approximate surface area is 128 Å². The molecule has 0 aliphatic heterocycles. The van der Waals surface area contributed by atoms with E-state index in [1.165, 1.54) is 22.4 Å². The van der Waals surface area contributed by atoms with Crippen molar-refractivity contribution in [3.63, 3.8) is 0 Å². The van der Waals surface area contributed by atoms with Crippen LogP contribution in [-0.2, 0) is 6.54 Å². The first-order valence-corrected chi connectivity index (χ1v) is 7.40. The highest BCUT2D eigenvalue weighted by atomic mass is 79.9. The van der Waals surface area contributed by atoms with Gasteiger partial charge in [-0.15, -0.1) is 0 Å². The van der Waals surface area contributed by atoms with Gasteiger partial charge in [-0.2, -0.15) is 0 Å². The summed E-state index contributed by atoms with van der Waals surface area (Å²) in [4.78, 5) is 0. The zero-order valence-corrected chi connectivity index (χ0v) is 13.7. The Kier molecular flexibility index (Phi) is 4.54. The van der Waals surface area contributed by atoms with E-state index in [0.717, 1.165) is 21.6 Å². The Balaban J connectivity index is 2.21. The number of aryl methyl sites for hydroxylation is 3. The summed E-state index contributed by atoms with van der Waals surface area (Å²) in [5.74, 6) is 0. The fourth-order valence-corrected chi connectivity index (χ4v) is 2.91. The van der Waals surface area contributed by atoms with E-state index in [-0.39, 0.29) is 0 Å². The van der Waals surface area contributed by atoms with Crippen LogP contribution < -0.4 is 5.32 Å². The molecule has 0 heterocycles. The molecule has 2 aromatic carbocycles. The first-order chi connectivity index (χ1) is 8.97. The van der Waals surface area contributed by atoms with Gasteiger partial charge in [0.05, 0.1) is 0 Å². The average molecular weight is 339 g/mol. The SMILES string of the molecule is Cc1cc(C)c(NCc2cc(Br)ccc2Cl)c(C)c1. The molecule has 0 atom stereocenters. The van der Waals surface area contributed by atoms with Gasteiger partial charge in [-0.3, -0.25) is 0 Å². The molecule has 0 spiro atoms. The van der Waals surface area contributed by atoms with Crippen LogP contribution in [-0.4, -0.2) is 0 Å². The molecule has 0 radical (unpaired) electrons. The van der Waals surface area contributed by atoms with Crippen molar-refractivity contribution >= 4 is 33.2 Å². The fraction of sp³-hybridized carbons (Fsp3) is 0.250. The molecule has 2 rings (SSSR count). The number of hydrogen-bond donors (Lipinski definition) is 1. The fourth-order valence-electron chi connectivity index (χ4n) is 2.32. The van der Waals surface area contributed by atoms with Gasteiger partial charge in [0.25, 0.3) is 0 Å². The van der Waals surface area contributed by atoms with Crippen molar-refractivity contribution in [1.82, 2.24) is 0 Å². The second kappa shape index (κ2) is 5.98. The largest absolute Gasteiger partial charge is 0.380 e. The van der Waals surface area contributed by atoms with Crippen LogP contribution in [0.15, 0.2) is 34.8 Å². The number of hydrogen-bond acceptors (Lipinski definition) is 1. The molecule has 100 valence electrons. The standard InChI is InChI=1S/C16H17BrClN/c1-10-6-11(2)16(12(3)7-10)19-9-13-8-14(17)4-5-15(13)18/h4-8,19H,9H2,1-3H3. The van der Waals surface area contributed by atoms with Crippen molar-refractivity contribution in [2.24, 2.45) is 0 Å². The lowest BCUT2D eigenvalue weighted by molar-refractivity contribution is 1.12. The van der Waals surface area contributed by atoms with Gasteiger partial charge in [0.2, 0.25) is 0 Å². The van der Waals surface area contributed by atoms with Gasteiger partial charge >= 0.3 is 0 Å². The van der Waals surface area contributed by atoms with Gasteiger partial charge in [-0.25, -0.2) is 0 Å². The second-order valence-electron chi connectivity index (χ2n) is 4.86. The first kappa shape index (κ1) is 14.4. The van der Waals surface area contributed by atoms with Crippen LogP contribution in [0.4, 0.5) is 5.69 Å². The number of nitrogens with one attached hydrogen (secondary N) is 1. The number of benzene rings is 2. The van der Waals surface area contributed by atoms with Crippen molar-refractivity contribution in [2.75, 3.05) is 5.32 Å². The van der Waals surface area contributed by atoms with Crippen molar-refractivity contribution in [3.05, 3.63) is 62.1 Å². The molecule has 0 saturated heterocycles. The molecular weight excluding hydrogens is 322 g/mol. The molecular formula is C16H17BrClN. The summed E-state index contributed by atoms with van der Waals surface area (Å²) in [7, 11) is 0. The van der Waals surface area contributed by atoms with Gasteiger partial charge in [-0.05, 0) is 55.7 Å². The third-order valence-electron chi connectivity index (χ3n) is 3.14. The number of anilines is 1. The van der Waals surface area contributed by atoms with E-state index >= 15 is 0 Å². The van der Waals surface area contributed by atoms with Crippen LogP contribution in [0.3, 0.4) is 0 Å². The predicted octanol–water partition coefficient (Wildman–Crippen LogP) is 5.64. The highest BCUT2D eigenvalue weighted by Gasteiger charge is 2.05. The lowest BCUT2D eigenvalue weighted by Crippen LogP contribution is -2.04. The highest BCUT2D eigenvalue weighted by molar-refractivity contribution is 9.10. The van der Waals surface area contributed by atoms with Crippen molar-refractivity contribution in [3.8, 4) is 0 Å². The highest BCUT2D eigenvalue weighted by Crippen LogP contribution is 2.25. The topological polar surface area (TPSA) is 12.0 Å². The second-order valence-corrected chi connectivity index (χ2v) is 6.19. The number of halogens is 2. The van der Waals surface area contributed by atoms with Crippen LogP contribution in [0.2, 0.25) is 5.02 Å². The summed E-state index contributed by atoms with van der Waals surface area (Å²) < 4.78 is 1.05. The molecule has 1 nitrogen and oxygen atoms in total. The minimum Gasteiger partial charge on any atom is -0.380 e. The van der Waals surface area contributed by atoms with E-state index in [9.17, 15) is 0 Å². The molecule has 0 amide bonds. The minimum atomic E-state index is 0.725. The smallest absolute Gasteiger partial charge is 0.0456 e. The van der Waals surface area contributed by atoms with Gasteiger partial charge in [-0.1, -0.05) is 45.2 Å². The molecule has 0 aliphatic carbocycles. The van der Waals surface area contributed by atoms with Crippen LogP contribution >= 0.6 is 27.5 Å². The Hall–Kier alpha value is -0.990. The normalized spacial score (nSPS) is 10.6. The quantitative estimate of drug-likeness (QED) is 0.763. The molecule has 0 fully saturated rings. The third kappa shape index (κ3) is 3.52. The van der Waals surface area contributed by atoms with Crippen LogP contribution in [0.25, 0.3) is 0 Å². The summed E-state index contributed by atoms with van der Waals surface area (Å²) in [6.07, 6.45) is 0. The molecule has 19 heavy (non-hydrogen) atoms. The number of rotatable bonds is 3. The van der Waals surface area contributed by atoms with E-state index in [1.54, 1.807) is 0 Å². The van der Waals surface area contributed by atoms with Gasteiger partial charge in [0, 0.05) is 21.7 Å². The first-order valence-electron chi connectivity index (χ1n) is 6.23. The molecule has 0 saturated carbocycles. The summed E-state index contributed by atoms with van der Waals surface area (Å²) in [5.41, 5.74) is 6.12. The summed E-state index contributed by atoms with van der Waals surface area (Å²) in [6.45, 7) is 7.10. The third-order valence-corrected chi connectivity index (χ3v) is 4.00. The van der Waals surface area contributed by atoms with Crippen LogP contribution in [0.1, 0.15) is 22.3 Å². The Morgan fingerprint density at radius 3 is 2.32 bits per heavy atom. The van der Waals surface area contributed by atoms with Crippen molar-refractivity contribution in [2.45, 2.75) is 27.3 Å². The molecule has 0 aromatic heterocycles. The maximum atomic E-state index is 6.21. The maximum absolute atomic E-state index is 6.21. The summed E-state index contributed by atoms with van der Waals surface area (Å²) in [6, 6.07) is 10.3. The van der Waals surface area contributed by atoms with E-state index in [4.69, 9.17) is 11.6 Å². The molecule has 3 heteroatoms. The zero-order valence-electron chi connectivity index (χ0n) is 11.3. The lowest BCUT2D eigenvalue weighted by Gasteiger charge is -2.14. The molecule has 0 bridgehead atoms. The Morgan fingerprint density at radius 1 is 1.05 bits per heavy atom. The molecule has 0 aliphatic rings. The van der Waals surface area contributed by atoms with Crippen molar-refractivity contribution in [1.29, 1.82) is 0 Å². The maximum Gasteiger partial charge on any atom is 0.0456 e. The van der Waals surface area contributed by atoms with E-state index in [0.29, 0.717) is 0 Å². The van der Waals surface area contributed by atoms with E-state index < -0.39 is 0 Å². The monoisotopic (exact) mass is 337 g/mol. The predicted molar refractivity (Wildman–Crippen MR) is 87.1 cm³/mol. The zero-order chi connectivity index (χ0) is 14.0. The summed E-state index contributed by atoms with van der Waals surface area (Å²) >= 11 is 9.68. The van der Waals surface area contributed by atoms with Crippen LogP contribution in [0, 0.1) is 20.8 Å². The Bertz CT molecular complexity index is 585.